The van der Waals surface area contributed by atoms with Gasteiger partial charge in [-0.25, -0.2) is 8.78 Å². The third-order valence-corrected chi connectivity index (χ3v) is 2.86. The van der Waals surface area contributed by atoms with Gasteiger partial charge < -0.3 is 4.74 Å². The van der Waals surface area contributed by atoms with Crippen LogP contribution in [0.15, 0.2) is 36.4 Å². The number of carbonyl (C=O) groups excluding carboxylic acids is 1. The van der Waals surface area contributed by atoms with Gasteiger partial charge in [0.25, 0.3) is 0 Å². The van der Waals surface area contributed by atoms with E-state index < -0.39 is 23.0 Å². The van der Waals surface area contributed by atoms with Crippen LogP contribution in [0.4, 0.5) is 8.78 Å². The predicted molar refractivity (Wildman–Crippen MR) is 67.5 cm³/mol. The number of aryl methyl sites for hydroxylation is 1. The number of rotatable bonds is 3. The lowest BCUT2D eigenvalue weighted by atomic mass is 10.00. The average Bonchev–Trinajstić information content (AvgIpc) is 2.43. The zero-order valence-corrected chi connectivity index (χ0v) is 10.5. The first kappa shape index (κ1) is 13.2. The Morgan fingerprint density at radius 2 is 1.68 bits per heavy atom. The zero-order valence-electron chi connectivity index (χ0n) is 10.5. The molecule has 0 fully saturated rings. The highest BCUT2D eigenvalue weighted by molar-refractivity contribution is 6.09. The van der Waals surface area contributed by atoms with Crippen molar-refractivity contribution in [2.45, 2.75) is 6.92 Å². The molecule has 0 radical (unpaired) electrons. The van der Waals surface area contributed by atoms with E-state index >= 15 is 0 Å². The van der Waals surface area contributed by atoms with Crippen LogP contribution in [-0.2, 0) is 0 Å². The van der Waals surface area contributed by atoms with Crippen molar-refractivity contribution in [2.75, 3.05) is 7.11 Å². The number of hydrogen-bond donors (Lipinski definition) is 0. The topological polar surface area (TPSA) is 26.3 Å². The van der Waals surface area contributed by atoms with Gasteiger partial charge in [0.05, 0.1) is 12.7 Å². The summed E-state index contributed by atoms with van der Waals surface area (Å²) < 4.78 is 32.4. The van der Waals surface area contributed by atoms with Gasteiger partial charge in [0.1, 0.15) is 17.4 Å². The molecule has 0 heterocycles. The minimum absolute atomic E-state index is 0.212. The van der Waals surface area contributed by atoms with Gasteiger partial charge in [0.2, 0.25) is 0 Å². The highest BCUT2D eigenvalue weighted by Crippen LogP contribution is 2.21. The molecule has 98 valence electrons. The molecular weight excluding hydrogens is 250 g/mol. The summed E-state index contributed by atoms with van der Waals surface area (Å²) in [6.07, 6.45) is 0. The second-order valence-corrected chi connectivity index (χ2v) is 4.11. The Kier molecular flexibility index (Phi) is 3.60. The van der Waals surface area contributed by atoms with E-state index in [0.717, 1.165) is 6.07 Å². The third kappa shape index (κ3) is 2.47. The van der Waals surface area contributed by atoms with E-state index in [9.17, 15) is 13.6 Å². The minimum atomic E-state index is -0.857. The monoisotopic (exact) mass is 262 g/mol. The van der Waals surface area contributed by atoms with Crippen molar-refractivity contribution in [3.05, 3.63) is 64.7 Å². The van der Waals surface area contributed by atoms with E-state index in [1.54, 1.807) is 12.1 Å². The van der Waals surface area contributed by atoms with Crippen molar-refractivity contribution in [3.8, 4) is 5.75 Å². The molecular formula is C15H12F2O2. The SMILES string of the molecule is COc1ccc(C(=O)c2c(F)ccc(C)c2F)cc1. The van der Waals surface area contributed by atoms with Crippen molar-refractivity contribution in [1.29, 1.82) is 0 Å². The Morgan fingerprint density at radius 3 is 2.26 bits per heavy atom. The van der Waals surface area contributed by atoms with E-state index in [1.807, 2.05) is 0 Å². The summed E-state index contributed by atoms with van der Waals surface area (Å²) >= 11 is 0. The number of benzene rings is 2. The van der Waals surface area contributed by atoms with Gasteiger partial charge in [0.15, 0.2) is 5.78 Å². The first-order valence-electron chi connectivity index (χ1n) is 5.68. The van der Waals surface area contributed by atoms with Crippen LogP contribution in [0.3, 0.4) is 0 Å². The van der Waals surface area contributed by atoms with E-state index in [4.69, 9.17) is 4.74 Å². The Bertz CT molecular complexity index is 619. The zero-order chi connectivity index (χ0) is 14.0. The second kappa shape index (κ2) is 5.18. The number of ether oxygens (including phenoxy) is 1. The third-order valence-electron chi connectivity index (χ3n) is 2.86. The van der Waals surface area contributed by atoms with E-state index in [2.05, 4.69) is 0 Å². The standard InChI is InChI=1S/C15H12F2O2/c1-9-3-8-12(16)13(14(9)17)15(18)10-4-6-11(19-2)7-5-10/h3-8H,1-2H3. The molecule has 0 aromatic heterocycles. The molecule has 0 unspecified atom stereocenters. The van der Waals surface area contributed by atoms with Crippen LogP contribution >= 0.6 is 0 Å². The number of carbonyl (C=O) groups is 1. The van der Waals surface area contributed by atoms with Crippen LogP contribution in [-0.4, -0.2) is 12.9 Å². The summed E-state index contributed by atoms with van der Waals surface area (Å²) in [6, 6.07) is 8.48. The van der Waals surface area contributed by atoms with E-state index in [1.165, 1.54) is 32.2 Å². The molecule has 0 spiro atoms. The van der Waals surface area contributed by atoms with Crippen molar-refractivity contribution in [1.82, 2.24) is 0 Å². The Labute approximate surface area is 109 Å². The fourth-order valence-corrected chi connectivity index (χ4v) is 1.75. The highest BCUT2D eigenvalue weighted by Gasteiger charge is 2.20. The fourth-order valence-electron chi connectivity index (χ4n) is 1.75. The maximum Gasteiger partial charge on any atom is 0.198 e. The lowest BCUT2D eigenvalue weighted by molar-refractivity contribution is 0.103. The maximum absolute atomic E-state index is 13.9. The van der Waals surface area contributed by atoms with Gasteiger partial charge in [-0.05, 0) is 42.8 Å². The number of halogens is 2. The first-order valence-corrected chi connectivity index (χ1v) is 5.68. The molecule has 2 rings (SSSR count). The number of ketones is 1. The molecule has 2 aromatic carbocycles. The normalized spacial score (nSPS) is 10.3. The van der Waals surface area contributed by atoms with E-state index in [0.29, 0.717) is 5.75 Å². The van der Waals surface area contributed by atoms with Crippen molar-refractivity contribution >= 4 is 5.78 Å². The molecule has 0 atom stereocenters. The van der Waals surface area contributed by atoms with Crippen LogP contribution in [0.1, 0.15) is 21.5 Å². The van der Waals surface area contributed by atoms with Crippen LogP contribution in [0, 0.1) is 18.6 Å². The summed E-state index contributed by atoms with van der Waals surface area (Å²) in [6.45, 7) is 1.49. The molecule has 19 heavy (non-hydrogen) atoms. The summed E-state index contributed by atoms with van der Waals surface area (Å²) in [4.78, 5) is 12.1. The first-order chi connectivity index (χ1) is 9.04. The molecule has 0 N–H and O–H groups in total. The fraction of sp³-hybridized carbons (Fsp3) is 0.133. The van der Waals surface area contributed by atoms with Crippen molar-refractivity contribution in [3.63, 3.8) is 0 Å². The molecule has 2 nitrogen and oxygen atoms in total. The molecule has 0 aliphatic carbocycles. The van der Waals surface area contributed by atoms with Crippen LogP contribution < -0.4 is 4.74 Å². The Morgan fingerprint density at radius 1 is 1.05 bits per heavy atom. The molecule has 4 heteroatoms. The molecule has 0 aliphatic heterocycles. The lowest BCUT2D eigenvalue weighted by Crippen LogP contribution is -2.08. The summed E-state index contributed by atoms with van der Waals surface area (Å²) in [5.74, 6) is -1.78. The second-order valence-electron chi connectivity index (χ2n) is 4.11. The molecule has 0 bridgehead atoms. The quantitative estimate of drug-likeness (QED) is 0.791. The van der Waals surface area contributed by atoms with Gasteiger partial charge >= 0.3 is 0 Å². The van der Waals surface area contributed by atoms with E-state index in [-0.39, 0.29) is 11.1 Å². The summed E-state index contributed by atoms with van der Waals surface area (Å²) in [7, 11) is 1.50. The predicted octanol–water partition coefficient (Wildman–Crippen LogP) is 3.51. The largest absolute Gasteiger partial charge is 0.497 e. The molecule has 2 aromatic rings. The van der Waals surface area contributed by atoms with Gasteiger partial charge in [0, 0.05) is 5.56 Å². The summed E-state index contributed by atoms with van der Waals surface area (Å²) in [5.41, 5.74) is -0.0763. The summed E-state index contributed by atoms with van der Waals surface area (Å²) in [5, 5.41) is 0. The maximum atomic E-state index is 13.9. The van der Waals surface area contributed by atoms with Gasteiger partial charge in [-0.2, -0.15) is 0 Å². The molecule has 0 amide bonds. The molecule has 0 saturated carbocycles. The Hall–Kier alpha value is -2.23. The van der Waals surface area contributed by atoms with Crippen LogP contribution in [0.2, 0.25) is 0 Å². The number of methoxy groups -OCH3 is 1. The molecule has 0 aliphatic rings. The minimum Gasteiger partial charge on any atom is -0.497 e. The van der Waals surface area contributed by atoms with Gasteiger partial charge in [-0.3, -0.25) is 4.79 Å². The van der Waals surface area contributed by atoms with Gasteiger partial charge in [-0.15, -0.1) is 0 Å². The lowest BCUT2D eigenvalue weighted by Gasteiger charge is -2.07. The highest BCUT2D eigenvalue weighted by atomic mass is 19.1. The Balaban J connectivity index is 2.46. The van der Waals surface area contributed by atoms with Crippen LogP contribution in [0.25, 0.3) is 0 Å². The van der Waals surface area contributed by atoms with Crippen LogP contribution in [0.5, 0.6) is 5.75 Å². The van der Waals surface area contributed by atoms with Crippen molar-refractivity contribution in [2.24, 2.45) is 0 Å². The number of hydrogen-bond acceptors (Lipinski definition) is 2. The van der Waals surface area contributed by atoms with Gasteiger partial charge in [-0.1, -0.05) is 6.07 Å². The smallest absolute Gasteiger partial charge is 0.198 e. The average molecular weight is 262 g/mol. The van der Waals surface area contributed by atoms with Crippen molar-refractivity contribution < 1.29 is 18.3 Å². The molecule has 0 saturated heterocycles.